The number of aromatic nitrogens is 2. The van der Waals surface area contributed by atoms with E-state index >= 15 is 0 Å². The Morgan fingerprint density at radius 2 is 1.31 bits per heavy atom. The van der Waals surface area contributed by atoms with E-state index in [0.29, 0.717) is 0 Å². The molecule has 0 aliphatic carbocycles. The van der Waals surface area contributed by atoms with Gasteiger partial charge in [-0.1, -0.05) is 12.1 Å². The predicted molar refractivity (Wildman–Crippen MR) is 62.0 cm³/mol. The van der Waals surface area contributed by atoms with Crippen LogP contribution in [0.1, 0.15) is 28.6 Å². The zero-order valence-electron chi connectivity index (χ0n) is 9.38. The number of hydrogen-bond acceptors (Lipinski definition) is 3. The third-order valence-corrected chi connectivity index (χ3v) is 2.50. The Morgan fingerprint density at radius 3 is 1.62 bits per heavy atom. The van der Waals surface area contributed by atoms with Crippen molar-refractivity contribution in [1.82, 2.24) is 9.97 Å². The van der Waals surface area contributed by atoms with Gasteiger partial charge in [0.15, 0.2) is 0 Å². The van der Waals surface area contributed by atoms with Gasteiger partial charge in [-0.2, -0.15) is 0 Å². The molecule has 0 aromatic carbocycles. The molecule has 0 bridgehead atoms. The minimum absolute atomic E-state index is 0.652. The van der Waals surface area contributed by atoms with E-state index in [4.69, 9.17) is 0 Å². The van der Waals surface area contributed by atoms with Crippen molar-refractivity contribution in [2.75, 3.05) is 0 Å². The van der Waals surface area contributed by atoms with Crippen LogP contribution in [0.2, 0.25) is 0 Å². The molecular formula is C13H14N2O. The number of hydrogen-bond donors (Lipinski definition) is 1. The highest BCUT2D eigenvalue weighted by molar-refractivity contribution is 5.27. The van der Waals surface area contributed by atoms with Crippen LogP contribution in [0.5, 0.6) is 0 Å². The average molecular weight is 214 g/mol. The van der Waals surface area contributed by atoms with Gasteiger partial charge in [-0.25, -0.2) is 0 Å². The molecule has 1 N–H and O–H groups in total. The van der Waals surface area contributed by atoms with Crippen molar-refractivity contribution in [2.45, 2.75) is 20.0 Å². The van der Waals surface area contributed by atoms with Gasteiger partial charge in [0.1, 0.15) is 6.10 Å². The van der Waals surface area contributed by atoms with Crippen molar-refractivity contribution < 1.29 is 5.11 Å². The number of aliphatic hydroxyl groups excluding tert-OH is 1. The molecule has 2 aromatic heterocycles. The van der Waals surface area contributed by atoms with E-state index in [1.54, 1.807) is 12.4 Å². The first kappa shape index (κ1) is 10.8. The molecule has 82 valence electrons. The number of nitrogens with zero attached hydrogens (tertiary/aromatic N) is 2. The summed E-state index contributed by atoms with van der Waals surface area (Å²) in [5, 5.41) is 10.1. The molecule has 0 amide bonds. The quantitative estimate of drug-likeness (QED) is 0.833. The van der Waals surface area contributed by atoms with Gasteiger partial charge in [0.25, 0.3) is 0 Å². The maximum absolute atomic E-state index is 10.1. The molecule has 3 heteroatoms. The lowest BCUT2D eigenvalue weighted by Crippen LogP contribution is -2.01. The molecule has 0 unspecified atom stereocenters. The fourth-order valence-corrected chi connectivity index (χ4v) is 1.47. The molecule has 0 spiro atoms. The zero-order chi connectivity index (χ0) is 11.5. The molecular weight excluding hydrogens is 200 g/mol. The summed E-state index contributed by atoms with van der Waals surface area (Å²) in [6.45, 7) is 3.84. The monoisotopic (exact) mass is 214 g/mol. The molecule has 0 fully saturated rings. The number of aliphatic hydroxyl groups is 1. The van der Waals surface area contributed by atoms with E-state index < -0.39 is 6.10 Å². The fourth-order valence-electron chi connectivity index (χ4n) is 1.47. The maximum Gasteiger partial charge on any atom is 0.107 e. The van der Waals surface area contributed by atoms with E-state index in [2.05, 4.69) is 9.97 Å². The second-order valence-electron chi connectivity index (χ2n) is 3.87. The standard InChI is InChI=1S/C13H14N2O/c1-9-3-5-11(7-14-9)13(16)12-6-4-10(2)15-8-12/h3-8,13,16H,1-2H3. The van der Waals surface area contributed by atoms with Crippen molar-refractivity contribution >= 4 is 0 Å². The Kier molecular flexibility index (Phi) is 2.97. The van der Waals surface area contributed by atoms with Gasteiger partial charge in [0.05, 0.1) is 0 Å². The molecule has 0 aliphatic rings. The highest BCUT2D eigenvalue weighted by atomic mass is 16.3. The zero-order valence-corrected chi connectivity index (χ0v) is 9.38. The molecule has 2 heterocycles. The van der Waals surface area contributed by atoms with Gasteiger partial charge in [0.2, 0.25) is 0 Å². The van der Waals surface area contributed by atoms with Crippen LogP contribution in [0, 0.1) is 13.8 Å². The van der Waals surface area contributed by atoms with Crippen LogP contribution in [-0.4, -0.2) is 15.1 Å². The second-order valence-corrected chi connectivity index (χ2v) is 3.87. The van der Waals surface area contributed by atoms with Crippen molar-refractivity contribution in [1.29, 1.82) is 0 Å². The normalized spacial score (nSPS) is 10.8. The summed E-state index contributed by atoms with van der Waals surface area (Å²) in [6, 6.07) is 7.54. The first-order chi connectivity index (χ1) is 7.66. The van der Waals surface area contributed by atoms with Crippen molar-refractivity contribution in [3.05, 3.63) is 59.2 Å². The lowest BCUT2D eigenvalue weighted by Gasteiger charge is -2.10. The SMILES string of the molecule is Cc1ccc(C(O)c2ccc(C)nc2)cn1. The predicted octanol–water partition coefficient (Wildman–Crippen LogP) is 2.18. The van der Waals surface area contributed by atoms with Crippen LogP contribution in [0.4, 0.5) is 0 Å². The molecule has 2 rings (SSSR count). The number of pyridine rings is 2. The van der Waals surface area contributed by atoms with Crippen LogP contribution >= 0.6 is 0 Å². The van der Waals surface area contributed by atoms with Gasteiger partial charge in [0, 0.05) is 34.9 Å². The van der Waals surface area contributed by atoms with E-state index in [0.717, 1.165) is 22.5 Å². The lowest BCUT2D eigenvalue weighted by molar-refractivity contribution is 0.219. The summed E-state index contributed by atoms with van der Waals surface area (Å²) in [5.74, 6) is 0. The first-order valence-corrected chi connectivity index (χ1v) is 5.20. The van der Waals surface area contributed by atoms with Gasteiger partial charge in [-0.15, -0.1) is 0 Å². The summed E-state index contributed by atoms with van der Waals surface area (Å²) in [4.78, 5) is 8.33. The summed E-state index contributed by atoms with van der Waals surface area (Å²) >= 11 is 0. The van der Waals surface area contributed by atoms with E-state index in [9.17, 15) is 5.11 Å². The molecule has 0 radical (unpaired) electrons. The molecule has 16 heavy (non-hydrogen) atoms. The lowest BCUT2D eigenvalue weighted by atomic mass is 10.0. The van der Waals surface area contributed by atoms with Crippen molar-refractivity contribution in [2.24, 2.45) is 0 Å². The van der Waals surface area contributed by atoms with E-state index in [1.807, 2.05) is 38.1 Å². The molecule has 0 saturated heterocycles. The van der Waals surface area contributed by atoms with Crippen LogP contribution in [0.3, 0.4) is 0 Å². The summed E-state index contributed by atoms with van der Waals surface area (Å²) in [6.07, 6.45) is 2.74. The highest BCUT2D eigenvalue weighted by Crippen LogP contribution is 2.20. The van der Waals surface area contributed by atoms with Crippen molar-refractivity contribution in [3.63, 3.8) is 0 Å². The Labute approximate surface area is 94.8 Å². The minimum Gasteiger partial charge on any atom is -0.384 e. The number of rotatable bonds is 2. The van der Waals surface area contributed by atoms with E-state index in [-0.39, 0.29) is 0 Å². The Hall–Kier alpha value is -1.74. The Bertz CT molecular complexity index is 417. The van der Waals surface area contributed by atoms with Crippen LogP contribution in [0.25, 0.3) is 0 Å². The maximum atomic E-state index is 10.1. The third-order valence-electron chi connectivity index (χ3n) is 2.50. The van der Waals surface area contributed by atoms with Crippen molar-refractivity contribution in [3.8, 4) is 0 Å². The van der Waals surface area contributed by atoms with Gasteiger partial charge >= 0.3 is 0 Å². The molecule has 3 nitrogen and oxygen atoms in total. The van der Waals surface area contributed by atoms with Gasteiger partial charge in [-0.3, -0.25) is 9.97 Å². The van der Waals surface area contributed by atoms with Crippen LogP contribution in [0.15, 0.2) is 36.7 Å². The van der Waals surface area contributed by atoms with Crippen LogP contribution in [-0.2, 0) is 0 Å². The molecule has 2 aromatic rings. The largest absolute Gasteiger partial charge is 0.384 e. The topological polar surface area (TPSA) is 46.0 Å². The minimum atomic E-state index is -0.652. The highest BCUT2D eigenvalue weighted by Gasteiger charge is 2.10. The van der Waals surface area contributed by atoms with E-state index in [1.165, 1.54) is 0 Å². The first-order valence-electron chi connectivity index (χ1n) is 5.20. The van der Waals surface area contributed by atoms with Crippen LogP contribution < -0.4 is 0 Å². The average Bonchev–Trinajstić information content (AvgIpc) is 2.30. The summed E-state index contributed by atoms with van der Waals surface area (Å²) < 4.78 is 0. The Balaban J connectivity index is 2.28. The second kappa shape index (κ2) is 4.41. The van der Waals surface area contributed by atoms with Gasteiger partial charge < -0.3 is 5.11 Å². The van der Waals surface area contributed by atoms with Gasteiger partial charge in [-0.05, 0) is 26.0 Å². The molecule has 0 atom stereocenters. The number of aryl methyl sites for hydroxylation is 2. The fraction of sp³-hybridized carbons (Fsp3) is 0.231. The molecule has 0 saturated carbocycles. The smallest absolute Gasteiger partial charge is 0.107 e. The third kappa shape index (κ3) is 2.25. The Morgan fingerprint density at radius 1 is 0.875 bits per heavy atom. The summed E-state index contributed by atoms with van der Waals surface area (Å²) in [7, 11) is 0. The molecule has 0 aliphatic heterocycles. The summed E-state index contributed by atoms with van der Waals surface area (Å²) in [5.41, 5.74) is 3.46.